The Bertz CT molecular complexity index is 714. The van der Waals surface area contributed by atoms with Crippen LogP contribution in [0.2, 0.25) is 5.02 Å². The first-order chi connectivity index (χ1) is 12.1. The van der Waals surface area contributed by atoms with Gasteiger partial charge in [0.1, 0.15) is 0 Å². The highest BCUT2D eigenvalue weighted by molar-refractivity contribution is 6.31. The highest BCUT2D eigenvalue weighted by atomic mass is 35.5. The number of piperidine rings is 1. The van der Waals surface area contributed by atoms with Crippen LogP contribution in [0.25, 0.3) is 0 Å². The summed E-state index contributed by atoms with van der Waals surface area (Å²) in [5.74, 6) is 0.750. The minimum atomic E-state index is -0.0120. The molecule has 25 heavy (non-hydrogen) atoms. The molecule has 0 aromatic heterocycles. The van der Waals surface area contributed by atoms with Gasteiger partial charge in [0.15, 0.2) is 0 Å². The number of hydrogen-bond acceptors (Lipinski definition) is 2. The summed E-state index contributed by atoms with van der Waals surface area (Å²) in [6.07, 6.45) is 2.90. The number of hydrogen-bond donors (Lipinski definition) is 1. The van der Waals surface area contributed by atoms with Gasteiger partial charge in [-0.3, -0.25) is 4.79 Å². The summed E-state index contributed by atoms with van der Waals surface area (Å²) in [5.41, 5.74) is 3.25. The molecule has 0 aliphatic carbocycles. The third-order valence-corrected chi connectivity index (χ3v) is 5.13. The van der Waals surface area contributed by atoms with Crippen LogP contribution < -0.4 is 10.2 Å². The molecule has 0 spiro atoms. The van der Waals surface area contributed by atoms with E-state index < -0.39 is 0 Å². The Hall–Kier alpha value is -2.00. The minimum absolute atomic E-state index is 0.0120. The van der Waals surface area contributed by atoms with E-state index in [0.29, 0.717) is 18.0 Å². The van der Waals surface area contributed by atoms with Gasteiger partial charge in [-0.25, -0.2) is 0 Å². The number of benzene rings is 2. The molecule has 2 aromatic carbocycles. The van der Waals surface area contributed by atoms with E-state index in [1.54, 1.807) is 0 Å². The fourth-order valence-electron chi connectivity index (χ4n) is 3.33. The maximum Gasteiger partial charge on any atom is 0.224 e. The van der Waals surface area contributed by atoms with Crippen molar-refractivity contribution >= 4 is 23.2 Å². The molecule has 1 unspecified atom stereocenters. The van der Waals surface area contributed by atoms with E-state index in [0.717, 1.165) is 30.1 Å². The molecule has 3 nitrogen and oxygen atoms in total. The number of nitrogens with zero attached hydrogens (tertiary/aromatic N) is 1. The molecule has 1 N–H and O–H groups in total. The first-order valence-corrected chi connectivity index (χ1v) is 9.33. The predicted octanol–water partition coefficient (Wildman–Crippen LogP) is 4.44. The van der Waals surface area contributed by atoms with Crippen LogP contribution >= 0.6 is 11.6 Å². The van der Waals surface area contributed by atoms with Gasteiger partial charge in [0.25, 0.3) is 0 Å². The van der Waals surface area contributed by atoms with Crippen molar-refractivity contribution in [1.82, 2.24) is 5.32 Å². The minimum Gasteiger partial charge on any atom is -0.371 e. The van der Waals surface area contributed by atoms with Gasteiger partial charge in [0, 0.05) is 30.3 Å². The van der Waals surface area contributed by atoms with Crippen molar-refractivity contribution in [1.29, 1.82) is 0 Å². The summed E-state index contributed by atoms with van der Waals surface area (Å²) in [5, 5.41) is 3.61. The molecule has 1 amide bonds. The van der Waals surface area contributed by atoms with E-state index in [1.165, 1.54) is 18.5 Å². The van der Waals surface area contributed by atoms with Crippen molar-refractivity contribution in [2.24, 2.45) is 5.92 Å². The van der Waals surface area contributed by atoms with Crippen molar-refractivity contribution in [2.75, 3.05) is 18.0 Å². The third kappa shape index (κ3) is 4.99. The summed E-state index contributed by atoms with van der Waals surface area (Å²) in [7, 11) is 0. The average Bonchev–Trinajstić information content (AvgIpc) is 2.62. The van der Waals surface area contributed by atoms with Crippen LogP contribution in [0.4, 0.5) is 5.69 Å². The summed E-state index contributed by atoms with van der Waals surface area (Å²) in [6.45, 7) is 5.13. The molecule has 1 atom stereocenters. The maximum atomic E-state index is 12.1. The van der Waals surface area contributed by atoms with Crippen LogP contribution in [0.1, 0.15) is 30.9 Å². The Morgan fingerprint density at radius 1 is 1.20 bits per heavy atom. The monoisotopic (exact) mass is 356 g/mol. The maximum absolute atomic E-state index is 12.1. The van der Waals surface area contributed by atoms with Gasteiger partial charge in [-0.1, -0.05) is 48.9 Å². The Labute approximate surface area is 155 Å². The van der Waals surface area contributed by atoms with Gasteiger partial charge in [-0.05, 0) is 48.1 Å². The highest BCUT2D eigenvalue weighted by Crippen LogP contribution is 2.23. The van der Waals surface area contributed by atoms with Gasteiger partial charge < -0.3 is 10.2 Å². The first-order valence-electron chi connectivity index (χ1n) is 8.96. The van der Waals surface area contributed by atoms with Crippen LogP contribution in [0.3, 0.4) is 0 Å². The number of carbonyl (C=O) groups is 1. The van der Waals surface area contributed by atoms with Gasteiger partial charge in [0.05, 0.1) is 6.42 Å². The molecule has 1 saturated heterocycles. The second kappa shape index (κ2) is 8.39. The van der Waals surface area contributed by atoms with Gasteiger partial charge >= 0.3 is 0 Å². The van der Waals surface area contributed by atoms with E-state index in [1.807, 2.05) is 24.3 Å². The fraction of sp³-hybridized carbons (Fsp3) is 0.381. The SMILES string of the molecule is CC1CCCN(c2ccc(CNC(=O)Cc3ccccc3Cl)cc2)C1. The Balaban J connectivity index is 1.51. The number of amides is 1. The van der Waals surface area contributed by atoms with E-state index in [4.69, 9.17) is 11.6 Å². The number of rotatable bonds is 5. The molecule has 4 heteroatoms. The van der Waals surface area contributed by atoms with Crippen LogP contribution in [0, 0.1) is 5.92 Å². The van der Waals surface area contributed by atoms with Crippen LogP contribution in [0.5, 0.6) is 0 Å². The zero-order chi connectivity index (χ0) is 17.6. The highest BCUT2D eigenvalue weighted by Gasteiger charge is 2.16. The zero-order valence-corrected chi connectivity index (χ0v) is 15.4. The summed E-state index contributed by atoms with van der Waals surface area (Å²) < 4.78 is 0. The van der Waals surface area contributed by atoms with Gasteiger partial charge in [0.2, 0.25) is 5.91 Å². The number of anilines is 1. The van der Waals surface area contributed by atoms with Crippen LogP contribution in [-0.2, 0) is 17.8 Å². The molecular weight excluding hydrogens is 332 g/mol. The van der Waals surface area contributed by atoms with Crippen LogP contribution in [-0.4, -0.2) is 19.0 Å². The van der Waals surface area contributed by atoms with E-state index >= 15 is 0 Å². The summed E-state index contributed by atoms with van der Waals surface area (Å²) in [6, 6.07) is 16.0. The zero-order valence-electron chi connectivity index (χ0n) is 14.7. The van der Waals surface area contributed by atoms with E-state index in [2.05, 4.69) is 41.4 Å². The predicted molar refractivity (Wildman–Crippen MR) is 104 cm³/mol. The third-order valence-electron chi connectivity index (χ3n) is 4.76. The summed E-state index contributed by atoms with van der Waals surface area (Å²) in [4.78, 5) is 14.6. The first kappa shape index (κ1) is 17.8. The van der Waals surface area contributed by atoms with Crippen molar-refractivity contribution in [3.63, 3.8) is 0 Å². The second-order valence-electron chi connectivity index (χ2n) is 6.90. The topological polar surface area (TPSA) is 32.3 Å². The van der Waals surface area contributed by atoms with E-state index in [-0.39, 0.29) is 5.91 Å². The molecule has 0 saturated carbocycles. The lowest BCUT2D eigenvalue weighted by atomic mass is 9.99. The number of nitrogens with one attached hydrogen (secondary N) is 1. The smallest absolute Gasteiger partial charge is 0.224 e. The molecule has 1 aliphatic rings. The van der Waals surface area contributed by atoms with Crippen molar-refractivity contribution in [3.05, 3.63) is 64.7 Å². The lowest BCUT2D eigenvalue weighted by Crippen LogP contribution is -2.34. The molecule has 3 rings (SSSR count). The lowest BCUT2D eigenvalue weighted by molar-refractivity contribution is -0.120. The molecule has 1 heterocycles. The lowest BCUT2D eigenvalue weighted by Gasteiger charge is -2.32. The van der Waals surface area contributed by atoms with Gasteiger partial charge in [-0.15, -0.1) is 0 Å². The molecule has 0 bridgehead atoms. The number of carbonyl (C=O) groups excluding carboxylic acids is 1. The quantitative estimate of drug-likeness (QED) is 0.859. The second-order valence-corrected chi connectivity index (χ2v) is 7.31. The molecule has 2 aromatic rings. The average molecular weight is 357 g/mol. The van der Waals surface area contributed by atoms with Crippen molar-refractivity contribution < 1.29 is 4.79 Å². The number of halogens is 1. The molecular formula is C21H25ClN2O. The van der Waals surface area contributed by atoms with E-state index in [9.17, 15) is 4.79 Å². The van der Waals surface area contributed by atoms with Crippen molar-refractivity contribution in [2.45, 2.75) is 32.7 Å². The van der Waals surface area contributed by atoms with Gasteiger partial charge in [-0.2, -0.15) is 0 Å². The molecule has 1 fully saturated rings. The molecule has 0 radical (unpaired) electrons. The Kier molecular flexibility index (Phi) is 5.98. The van der Waals surface area contributed by atoms with Crippen LogP contribution in [0.15, 0.2) is 48.5 Å². The largest absolute Gasteiger partial charge is 0.371 e. The fourth-order valence-corrected chi connectivity index (χ4v) is 3.53. The Morgan fingerprint density at radius 2 is 1.96 bits per heavy atom. The Morgan fingerprint density at radius 3 is 2.68 bits per heavy atom. The standard InChI is InChI=1S/C21H25ClN2O/c1-16-5-4-12-24(15-16)19-10-8-17(9-11-19)14-23-21(25)13-18-6-2-3-7-20(18)22/h2-3,6-11,16H,4-5,12-15H2,1H3,(H,23,25). The summed E-state index contributed by atoms with van der Waals surface area (Å²) >= 11 is 6.10. The van der Waals surface area contributed by atoms with Crippen molar-refractivity contribution in [3.8, 4) is 0 Å². The molecule has 1 aliphatic heterocycles. The molecule has 132 valence electrons. The normalized spacial score (nSPS) is 17.4.